The molecule has 1 unspecified atom stereocenters. The lowest BCUT2D eigenvalue weighted by atomic mass is 10.2. The van der Waals surface area contributed by atoms with E-state index in [4.69, 9.17) is 0 Å². The van der Waals surface area contributed by atoms with Gasteiger partial charge in [0.2, 0.25) is 0 Å². The first-order valence-corrected chi connectivity index (χ1v) is 10.6. The first kappa shape index (κ1) is 20.4. The molecule has 1 heterocycles. The molecule has 1 aliphatic carbocycles. The van der Waals surface area contributed by atoms with Gasteiger partial charge in [0.05, 0.1) is 22.1 Å². The molecule has 1 atom stereocenters. The van der Waals surface area contributed by atoms with Gasteiger partial charge in [-0.2, -0.15) is 5.10 Å². The highest BCUT2D eigenvalue weighted by molar-refractivity contribution is 7.99. The number of rotatable bonds is 9. The fourth-order valence-corrected chi connectivity index (χ4v) is 4.29. The van der Waals surface area contributed by atoms with Crippen LogP contribution in [0.3, 0.4) is 0 Å². The van der Waals surface area contributed by atoms with Gasteiger partial charge in [0.1, 0.15) is 5.82 Å². The highest BCUT2D eigenvalue weighted by Gasteiger charge is 2.31. The number of carbonyl (C=O) groups is 1. The standard InChI is InChI=1S/C20H26N4O3S/c1-13(2)9-11-28-18-7-6-16(12-17(18)24(26)27)20(25)22-19-8-10-21-23(19)14(3)15-4-5-15/h6-8,10,12-15H,4-5,9,11H2,1-3H3,(H,22,25). The van der Waals surface area contributed by atoms with Gasteiger partial charge in [-0.25, -0.2) is 4.68 Å². The Morgan fingerprint density at radius 1 is 1.36 bits per heavy atom. The molecular formula is C20H26N4O3S. The zero-order valence-electron chi connectivity index (χ0n) is 16.4. The van der Waals surface area contributed by atoms with E-state index in [9.17, 15) is 14.9 Å². The minimum absolute atomic E-state index is 0.0266. The van der Waals surface area contributed by atoms with Gasteiger partial charge in [0.25, 0.3) is 11.6 Å². The monoisotopic (exact) mass is 402 g/mol. The Kier molecular flexibility index (Phi) is 6.39. The summed E-state index contributed by atoms with van der Waals surface area (Å²) in [6.45, 7) is 6.34. The molecule has 1 saturated carbocycles. The molecule has 1 aromatic heterocycles. The van der Waals surface area contributed by atoms with Crippen molar-refractivity contribution in [2.24, 2.45) is 11.8 Å². The molecule has 7 nitrogen and oxygen atoms in total. The molecule has 1 aliphatic rings. The smallest absolute Gasteiger partial charge is 0.283 e. The molecule has 0 aliphatic heterocycles. The van der Waals surface area contributed by atoms with Crippen LogP contribution < -0.4 is 5.32 Å². The van der Waals surface area contributed by atoms with E-state index in [1.54, 1.807) is 24.4 Å². The minimum atomic E-state index is -0.423. The maximum absolute atomic E-state index is 12.7. The van der Waals surface area contributed by atoms with Crippen LogP contribution in [0.4, 0.5) is 11.5 Å². The largest absolute Gasteiger partial charge is 0.307 e. The zero-order chi connectivity index (χ0) is 20.3. The summed E-state index contributed by atoms with van der Waals surface area (Å²) in [6, 6.07) is 6.64. The molecule has 0 radical (unpaired) electrons. The highest BCUT2D eigenvalue weighted by Crippen LogP contribution is 2.40. The van der Waals surface area contributed by atoms with Crippen LogP contribution in [0.15, 0.2) is 35.4 Å². The third kappa shape index (κ3) is 4.92. The van der Waals surface area contributed by atoms with Gasteiger partial charge in [-0.05, 0) is 55.9 Å². The first-order valence-electron chi connectivity index (χ1n) is 9.63. The topological polar surface area (TPSA) is 90.1 Å². The summed E-state index contributed by atoms with van der Waals surface area (Å²) in [6.07, 6.45) is 4.99. The van der Waals surface area contributed by atoms with Crippen LogP contribution in [0.2, 0.25) is 0 Å². The van der Waals surface area contributed by atoms with Gasteiger partial charge in [0, 0.05) is 17.7 Å². The van der Waals surface area contributed by atoms with Crippen molar-refractivity contribution in [3.8, 4) is 0 Å². The fourth-order valence-electron chi connectivity index (χ4n) is 3.03. The number of nitro groups is 1. The average Bonchev–Trinajstić information content (AvgIpc) is 3.40. The van der Waals surface area contributed by atoms with Crippen molar-refractivity contribution in [1.82, 2.24) is 9.78 Å². The molecule has 0 spiro atoms. The lowest BCUT2D eigenvalue weighted by Crippen LogP contribution is -2.18. The summed E-state index contributed by atoms with van der Waals surface area (Å²) in [7, 11) is 0. The molecule has 28 heavy (non-hydrogen) atoms. The predicted molar refractivity (Wildman–Crippen MR) is 111 cm³/mol. The molecule has 1 fully saturated rings. The number of hydrogen-bond donors (Lipinski definition) is 1. The summed E-state index contributed by atoms with van der Waals surface area (Å²) in [4.78, 5) is 24.3. The SMILES string of the molecule is CC(C)CCSc1ccc(C(=O)Nc2ccnn2C(C)C2CC2)cc1[N+](=O)[O-]. The highest BCUT2D eigenvalue weighted by atomic mass is 32.2. The number of nitro benzene ring substituents is 1. The van der Waals surface area contributed by atoms with Gasteiger partial charge in [0.15, 0.2) is 0 Å². The number of thioether (sulfide) groups is 1. The van der Waals surface area contributed by atoms with Crippen LogP contribution in [-0.2, 0) is 0 Å². The number of nitrogens with one attached hydrogen (secondary N) is 1. The summed E-state index contributed by atoms with van der Waals surface area (Å²) >= 11 is 1.46. The molecule has 0 bridgehead atoms. The van der Waals surface area contributed by atoms with Crippen molar-refractivity contribution in [3.63, 3.8) is 0 Å². The summed E-state index contributed by atoms with van der Waals surface area (Å²) in [5, 5.41) is 18.7. The zero-order valence-corrected chi connectivity index (χ0v) is 17.2. The summed E-state index contributed by atoms with van der Waals surface area (Å²) < 4.78 is 1.82. The van der Waals surface area contributed by atoms with Crippen molar-refractivity contribution in [2.45, 2.75) is 51.0 Å². The van der Waals surface area contributed by atoms with Crippen LogP contribution in [-0.4, -0.2) is 26.4 Å². The van der Waals surface area contributed by atoms with Gasteiger partial charge < -0.3 is 5.32 Å². The Bertz CT molecular complexity index is 861. The van der Waals surface area contributed by atoms with E-state index >= 15 is 0 Å². The average molecular weight is 403 g/mol. The number of anilines is 1. The second-order valence-electron chi connectivity index (χ2n) is 7.66. The Morgan fingerprint density at radius 2 is 2.11 bits per heavy atom. The second-order valence-corrected chi connectivity index (χ2v) is 8.80. The maximum Gasteiger partial charge on any atom is 0.283 e. The molecule has 1 N–H and O–H groups in total. The van der Waals surface area contributed by atoms with Gasteiger partial charge in [-0.3, -0.25) is 14.9 Å². The van der Waals surface area contributed by atoms with E-state index in [-0.39, 0.29) is 23.2 Å². The Hall–Kier alpha value is -2.35. The molecule has 3 rings (SSSR count). The van der Waals surface area contributed by atoms with Crippen LogP contribution in [0, 0.1) is 22.0 Å². The predicted octanol–water partition coefficient (Wildman–Crippen LogP) is 5.15. The Morgan fingerprint density at radius 3 is 2.75 bits per heavy atom. The van der Waals surface area contributed by atoms with Crippen LogP contribution in [0.5, 0.6) is 0 Å². The van der Waals surface area contributed by atoms with Crippen molar-refractivity contribution < 1.29 is 9.72 Å². The van der Waals surface area contributed by atoms with Crippen LogP contribution >= 0.6 is 11.8 Å². The van der Waals surface area contributed by atoms with E-state index in [2.05, 4.69) is 31.2 Å². The van der Waals surface area contributed by atoms with Crippen molar-refractivity contribution in [3.05, 3.63) is 46.1 Å². The number of hydrogen-bond acceptors (Lipinski definition) is 5. The van der Waals surface area contributed by atoms with E-state index < -0.39 is 4.92 Å². The van der Waals surface area contributed by atoms with Crippen molar-refractivity contribution >= 4 is 29.2 Å². The van der Waals surface area contributed by atoms with E-state index in [1.807, 2.05) is 4.68 Å². The van der Waals surface area contributed by atoms with Gasteiger partial charge in [-0.1, -0.05) is 13.8 Å². The lowest BCUT2D eigenvalue weighted by molar-refractivity contribution is -0.387. The molecule has 8 heteroatoms. The fraction of sp³-hybridized carbons (Fsp3) is 0.500. The maximum atomic E-state index is 12.7. The van der Waals surface area contributed by atoms with Crippen LogP contribution in [0.25, 0.3) is 0 Å². The van der Waals surface area contributed by atoms with Gasteiger partial charge >= 0.3 is 0 Å². The molecule has 150 valence electrons. The summed E-state index contributed by atoms with van der Waals surface area (Å²) in [5.41, 5.74) is 0.244. The van der Waals surface area contributed by atoms with Crippen LogP contribution in [0.1, 0.15) is 56.4 Å². The minimum Gasteiger partial charge on any atom is -0.307 e. The number of amides is 1. The van der Waals surface area contributed by atoms with Crippen molar-refractivity contribution in [2.75, 3.05) is 11.1 Å². The second kappa shape index (κ2) is 8.77. The van der Waals surface area contributed by atoms with E-state index in [1.165, 1.54) is 30.7 Å². The van der Waals surface area contributed by atoms with E-state index in [0.29, 0.717) is 22.5 Å². The molecule has 2 aromatic rings. The third-order valence-corrected chi connectivity index (χ3v) is 6.07. The number of benzene rings is 1. The Labute approximate surface area is 169 Å². The number of aromatic nitrogens is 2. The number of carbonyl (C=O) groups excluding carboxylic acids is 1. The number of nitrogens with zero attached hydrogens (tertiary/aromatic N) is 3. The van der Waals surface area contributed by atoms with Gasteiger partial charge in [-0.15, -0.1) is 11.8 Å². The van der Waals surface area contributed by atoms with E-state index in [0.717, 1.165) is 12.2 Å². The third-order valence-electron chi connectivity index (χ3n) is 4.97. The summed E-state index contributed by atoms with van der Waals surface area (Å²) in [5.74, 6) is 2.19. The normalized spacial score (nSPS) is 14.9. The Balaban J connectivity index is 1.74. The molecule has 1 aromatic carbocycles. The lowest BCUT2D eigenvalue weighted by Gasteiger charge is -2.15. The molecular weight excluding hydrogens is 376 g/mol. The molecule has 0 saturated heterocycles. The molecule has 1 amide bonds. The first-order chi connectivity index (χ1) is 13.4. The quantitative estimate of drug-likeness (QED) is 0.356. The van der Waals surface area contributed by atoms with Crippen molar-refractivity contribution in [1.29, 1.82) is 0 Å².